The van der Waals surface area contributed by atoms with Gasteiger partial charge in [0.25, 0.3) is 5.56 Å². The smallest absolute Gasteiger partial charge is 0.415 e. The molecule has 7 nitrogen and oxygen atoms in total. The van der Waals surface area contributed by atoms with Crippen molar-refractivity contribution in [2.24, 2.45) is 11.7 Å². The van der Waals surface area contributed by atoms with Gasteiger partial charge in [0, 0.05) is 18.5 Å². The molecule has 0 radical (unpaired) electrons. The highest BCUT2D eigenvalue weighted by atomic mass is 19.4. The second kappa shape index (κ2) is 7.83. The van der Waals surface area contributed by atoms with Crippen molar-refractivity contribution < 1.29 is 35.5 Å². The molecule has 1 aliphatic heterocycles. The lowest BCUT2D eigenvalue weighted by atomic mass is 9.82. The van der Waals surface area contributed by atoms with Gasteiger partial charge in [-0.05, 0) is 38.3 Å². The maximum atomic E-state index is 15.7. The lowest BCUT2D eigenvalue weighted by molar-refractivity contribution is -0.310. The Labute approximate surface area is 187 Å². The predicted octanol–water partition coefficient (Wildman–Crippen LogP) is 0.661. The van der Waals surface area contributed by atoms with Gasteiger partial charge in [0.1, 0.15) is 11.0 Å². The number of nitrogens with one attached hydrogen (secondary N) is 1. The van der Waals surface area contributed by atoms with E-state index >= 15 is 4.39 Å². The lowest BCUT2D eigenvalue weighted by Gasteiger charge is -2.39. The van der Waals surface area contributed by atoms with Crippen molar-refractivity contribution in [1.82, 2.24) is 14.5 Å². The van der Waals surface area contributed by atoms with Crippen molar-refractivity contribution in [3.63, 3.8) is 0 Å². The van der Waals surface area contributed by atoms with Gasteiger partial charge < -0.3 is 10.5 Å². The molecular formula is C20H23F7N4O3. The average molecular weight is 500 g/mol. The minimum atomic E-state index is -5.78. The summed E-state index contributed by atoms with van der Waals surface area (Å²) in [5, 5.41) is -0.120. The van der Waals surface area contributed by atoms with Crippen molar-refractivity contribution in [2.75, 3.05) is 20.2 Å². The zero-order chi connectivity index (χ0) is 25.4. The van der Waals surface area contributed by atoms with Gasteiger partial charge in [0.05, 0.1) is 18.5 Å². The molecule has 0 spiro atoms. The first kappa shape index (κ1) is 24.8. The topological polar surface area (TPSA) is 93.3 Å². The van der Waals surface area contributed by atoms with E-state index in [1.165, 1.54) is 11.5 Å². The van der Waals surface area contributed by atoms with Crippen molar-refractivity contribution in [3.8, 4) is 0 Å². The van der Waals surface area contributed by atoms with Crippen LogP contribution >= 0.6 is 0 Å². The molecule has 190 valence electrons. The number of methoxy groups -OCH3 is 1. The summed E-state index contributed by atoms with van der Waals surface area (Å²) < 4.78 is 103. The second-order valence-electron chi connectivity index (χ2n) is 9.03. The molecule has 0 bridgehead atoms. The van der Waals surface area contributed by atoms with Crippen molar-refractivity contribution in [2.45, 2.75) is 62.3 Å². The molecule has 0 amide bonds. The number of nitrogens with zero attached hydrogens (tertiary/aromatic N) is 2. The molecule has 4 rings (SSSR count). The summed E-state index contributed by atoms with van der Waals surface area (Å²) in [6.07, 6.45) is -12.9. The van der Waals surface area contributed by atoms with Gasteiger partial charge in [-0.2, -0.15) is 26.3 Å². The Morgan fingerprint density at radius 3 is 2.15 bits per heavy atom. The standard InChI is InChI=1S/C20H23F7N4O3/c1-8-13-11(16(32)29-17(33)31(13)10-3-4-10)15(34-2)12(21)14(8)30-6-5-9(7-30)18(28,19(22,23)24)20(25,26)27/h9-10,12,14H,3-7,28H2,1-2H3,(H,29,32,33). The van der Waals surface area contributed by atoms with Crippen molar-refractivity contribution in [3.05, 3.63) is 31.4 Å². The van der Waals surface area contributed by atoms with Crippen LogP contribution in [0.2, 0.25) is 0 Å². The van der Waals surface area contributed by atoms with E-state index in [1.54, 1.807) is 0 Å². The van der Waals surface area contributed by atoms with Gasteiger partial charge in [-0.1, -0.05) is 0 Å². The molecule has 2 heterocycles. The Bertz CT molecular complexity index is 1220. The number of likely N-dealkylation sites (tertiary alicyclic amines) is 1. The van der Waals surface area contributed by atoms with Gasteiger partial charge in [-0.25, -0.2) is 9.18 Å². The van der Waals surface area contributed by atoms with Gasteiger partial charge in [-0.3, -0.25) is 19.2 Å². The maximum absolute atomic E-state index is 15.7. The molecule has 2 fully saturated rings. The van der Waals surface area contributed by atoms with Crippen LogP contribution in [0.4, 0.5) is 30.7 Å². The molecule has 1 aromatic heterocycles. The number of ether oxygens (including phenoxy) is 1. The van der Waals surface area contributed by atoms with Crippen LogP contribution in [-0.4, -0.2) is 64.8 Å². The summed E-state index contributed by atoms with van der Waals surface area (Å²) in [5.41, 5.74) is -0.970. The van der Waals surface area contributed by atoms with Crippen LogP contribution in [0.5, 0.6) is 0 Å². The number of nitrogens with two attached hydrogens (primary N) is 1. The molecule has 14 heteroatoms. The van der Waals surface area contributed by atoms with Gasteiger partial charge in [0.2, 0.25) is 5.54 Å². The summed E-state index contributed by atoms with van der Waals surface area (Å²) in [6, 6.07) is -1.61. The number of aromatic nitrogens is 2. The van der Waals surface area contributed by atoms with E-state index in [4.69, 9.17) is 10.5 Å². The normalized spacial score (nSPS) is 26.7. The predicted molar refractivity (Wildman–Crippen MR) is 106 cm³/mol. The van der Waals surface area contributed by atoms with E-state index in [2.05, 4.69) is 4.98 Å². The Morgan fingerprint density at radius 2 is 1.65 bits per heavy atom. The van der Waals surface area contributed by atoms with Crippen LogP contribution in [0.3, 0.4) is 0 Å². The van der Waals surface area contributed by atoms with E-state index in [-0.39, 0.29) is 28.7 Å². The molecule has 2 aliphatic carbocycles. The number of hydrogen-bond acceptors (Lipinski definition) is 5. The highest BCUT2D eigenvalue weighted by Crippen LogP contribution is 2.49. The second-order valence-corrected chi connectivity index (χ2v) is 9.03. The van der Waals surface area contributed by atoms with E-state index in [9.17, 15) is 35.9 Å². The summed E-state index contributed by atoms with van der Waals surface area (Å²) in [5.74, 6) is -2.51. The third-order valence-electron chi connectivity index (χ3n) is 7.06. The summed E-state index contributed by atoms with van der Waals surface area (Å²) in [6.45, 7) is 0.319. The Morgan fingerprint density at radius 1 is 1.06 bits per heavy atom. The minimum Gasteiger partial charge on any atom is -0.497 e. The largest absolute Gasteiger partial charge is 0.497 e. The first-order chi connectivity index (χ1) is 15.6. The van der Waals surface area contributed by atoms with E-state index < -0.39 is 66.0 Å². The van der Waals surface area contributed by atoms with Gasteiger partial charge in [-0.15, -0.1) is 0 Å². The van der Waals surface area contributed by atoms with E-state index in [1.807, 2.05) is 0 Å². The molecule has 3 atom stereocenters. The third kappa shape index (κ3) is 3.48. The van der Waals surface area contributed by atoms with Crippen molar-refractivity contribution >= 4 is 11.3 Å². The Balaban J connectivity index is 1.85. The molecular weight excluding hydrogens is 477 g/mol. The Hall–Kier alpha value is -2.35. The molecule has 3 unspecified atom stereocenters. The van der Waals surface area contributed by atoms with Crippen LogP contribution in [0.25, 0.3) is 11.3 Å². The molecule has 1 saturated carbocycles. The maximum Gasteiger partial charge on any atom is 0.415 e. The number of aromatic amines is 1. The molecule has 3 N–H and O–H groups in total. The van der Waals surface area contributed by atoms with Crippen LogP contribution in [0.1, 0.15) is 32.2 Å². The SMILES string of the molecule is COC1=c2c(=O)[nH]c(=O)n(C3CC3)c2=C(C)C(N2CCC(C(N)(C(F)(F)F)C(F)(F)F)C2)C1F. The minimum absolute atomic E-state index is 0.0844. The van der Waals surface area contributed by atoms with E-state index in [0.29, 0.717) is 12.8 Å². The molecule has 1 saturated heterocycles. The summed E-state index contributed by atoms with van der Waals surface area (Å²) in [4.78, 5) is 28.3. The number of hydrogen-bond donors (Lipinski definition) is 2. The van der Waals surface area contributed by atoms with Crippen LogP contribution in [0, 0.1) is 5.92 Å². The first-order valence-electron chi connectivity index (χ1n) is 10.6. The zero-order valence-electron chi connectivity index (χ0n) is 18.2. The first-order valence-corrected chi connectivity index (χ1v) is 10.6. The fourth-order valence-corrected chi connectivity index (χ4v) is 5.20. The van der Waals surface area contributed by atoms with Crippen LogP contribution in [0.15, 0.2) is 9.59 Å². The fourth-order valence-electron chi connectivity index (χ4n) is 5.20. The number of fused-ring (bicyclic) bond motifs is 1. The zero-order valence-corrected chi connectivity index (χ0v) is 18.2. The molecule has 34 heavy (non-hydrogen) atoms. The monoisotopic (exact) mass is 500 g/mol. The number of H-pyrrole nitrogens is 1. The molecule has 3 aliphatic rings. The highest BCUT2D eigenvalue weighted by molar-refractivity contribution is 5.60. The van der Waals surface area contributed by atoms with Gasteiger partial charge in [0.15, 0.2) is 6.17 Å². The van der Waals surface area contributed by atoms with Crippen LogP contribution in [-0.2, 0) is 4.74 Å². The lowest BCUT2D eigenvalue weighted by Crippen LogP contribution is -2.68. The third-order valence-corrected chi connectivity index (χ3v) is 7.06. The Kier molecular flexibility index (Phi) is 5.71. The summed E-state index contributed by atoms with van der Waals surface area (Å²) in [7, 11) is 1.10. The number of alkyl halides is 7. The number of halogens is 7. The quantitative estimate of drug-likeness (QED) is 0.593. The highest BCUT2D eigenvalue weighted by Gasteiger charge is 2.72. The summed E-state index contributed by atoms with van der Waals surface area (Å²) >= 11 is 0. The van der Waals surface area contributed by atoms with Gasteiger partial charge >= 0.3 is 18.0 Å². The molecule has 1 aromatic rings. The van der Waals surface area contributed by atoms with Crippen LogP contribution < -0.4 is 27.6 Å². The van der Waals surface area contributed by atoms with E-state index in [0.717, 1.165) is 12.0 Å². The fraction of sp³-hybridized carbons (Fsp3) is 0.700. The average Bonchev–Trinajstić information content (AvgIpc) is 3.43. The molecule has 0 aromatic carbocycles. The number of rotatable bonds is 4. The van der Waals surface area contributed by atoms with Crippen molar-refractivity contribution in [1.29, 1.82) is 0 Å².